The first kappa shape index (κ1) is 18.8. The van der Waals surface area contributed by atoms with Crippen molar-refractivity contribution in [3.05, 3.63) is 41.7 Å². The molecule has 2 aromatic rings. The molecule has 26 heavy (non-hydrogen) atoms. The zero-order valence-corrected chi connectivity index (χ0v) is 16.1. The van der Waals surface area contributed by atoms with Gasteiger partial charge in [-0.25, -0.2) is 0 Å². The van der Waals surface area contributed by atoms with Gasteiger partial charge in [0.1, 0.15) is 11.8 Å². The third-order valence-corrected chi connectivity index (χ3v) is 5.37. The van der Waals surface area contributed by atoms with Crippen LogP contribution >= 0.6 is 11.8 Å². The Morgan fingerprint density at radius 2 is 2.04 bits per heavy atom. The third kappa shape index (κ3) is 5.51. The van der Waals surface area contributed by atoms with E-state index in [0.29, 0.717) is 11.6 Å². The van der Waals surface area contributed by atoms with E-state index in [1.807, 2.05) is 30.8 Å². The van der Waals surface area contributed by atoms with Gasteiger partial charge in [0.15, 0.2) is 5.82 Å². The van der Waals surface area contributed by atoms with Crippen LogP contribution in [0, 0.1) is 6.92 Å². The molecule has 140 valence electrons. The lowest BCUT2D eigenvalue weighted by atomic mass is 10.1. The summed E-state index contributed by atoms with van der Waals surface area (Å²) in [5, 5.41) is 9.73. The normalized spacial score (nSPS) is 16.2. The molecule has 2 heterocycles. The van der Waals surface area contributed by atoms with Crippen molar-refractivity contribution in [1.29, 1.82) is 0 Å². The number of aryl methyl sites for hydroxylation is 1. The van der Waals surface area contributed by atoms with Gasteiger partial charge in [0.2, 0.25) is 5.91 Å². The number of nitrogens with one attached hydrogen (secondary N) is 2. The molecule has 1 aliphatic heterocycles. The van der Waals surface area contributed by atoms with Crippen molar-refractivity contribution in [2.24, 2.45) is 0 Å². The third-order valence-electron chi connectivity index (χ3n) is 4.43. The van der Waals surface area contributed by atoms with Crippen molar-refractivity contribution >= 4 is 29.2 Å². The van der Waals surface area contributed by atoms with Gasteiger partial charge in [-0.05, 0) is 38.0 Å². The van der Waals surface area contributed by atoms with E-state index >= 15 is 0 Å². The smallest absolute Gasteiger partial charge is 0.247 e. The van der Waals surface area contributed by atoms with Crippen molar-refractivity contribution in [2.75, 3.05) is 41.8 Å². The highest BCUT2D eigenvalue weighted by Crippen LogP contribution is 2.14. The minimum Gasteiger partial charge on any atom is -0.374 e. The van der Waals surface area contributed by atoms with Crippen LogP contribution in [0.2, 0.25) is 0 Å². The van der Waals surface area contributed by atoms with Crippen LogP contribution in [0.1, 0.15) is 18.2 Å². The van der Waals surface area contributed by atoms with Crippen LogP contribution in [0.3, 0.4) is 0 Å². The molecule has 1 aromatic heterocycles. The van der Waals surface area contributed by atoms with Crippen LogP contribution in [0.15, 0.2) is 34.9 Å². The Morgan fingerprint density at radius 3 is 2.69 bits per heavy atom. The molecule has 0 aliphatic carbocycles. The number of rotatable bonds is 7. The Labute approximate surface area is 158 Å². The number of hydrogen-bond acceptors (Lipinski definition) is 6. The molecule has 0 radical (unpaired) electrons. The highest BCUT2D eigenvalue weighted by atomic mass is 32.2. The summed E-state index contributed by atoms with van der Waals surface area (Å²) in [5.41, 5.74) is 2.26. The molecule has 0 saturated carbocycles. The minimum absolute atomic E-state index is 0.148. The number of amides is 1. The molecule has 1 aliphatic rings. The SMILES string of the molecule is Cc1cc(NC(=O)[C@H](C)Nc2ccc(CCN3CCSCC3)cc2)no1. The van der Waals surface area contributed by atoms with Gasteiger partial charge in [0, 0.05) is 42.9 Å². The molecule has 2 N–H and O–H groups in total. The van der Waals surface area contributed by atoms with E-state index in [1.54, 1.807) is 13.0 Å². The summed E-state index contributed by atoms with van der Waals surface area (Å²) in [4.78, 5) is 14.7. The number of aromatic nitrogens is 1. The Balaban J connectivity index is 1.46. The number of hydrogen-bond donors (Lipinski definition) is 2. The molecule has 0 bridgehead atoms. The van der Waals surface area contributed by atoms with Gasteiger partial charge in [-0.1, -0.05) is 17.3 Å². The van der Waals surface area contributed by atoms with E-state index in [0.717, 1.165) is 18.7 Å². The van der Waals surface area contributed by atoms with Gasteiger partial charge in [-0.15, -0.1) is 0 Å². The zero-order valence-electron chi connectivity index (χ0n) is 15.3. The van der Waals surface area contributed by atoms with Crippen LogP contribution < -0.4 is 10.6 Å². The van der Waals surface area contributed by atoms with E-state index < -0.39 is 0 Å². The fraction of sp³-hybridized carbons (Fsp3) is 0.474. The molecule has 1 atom stereocenters. The van der Waals surface area contributed by atoms with Crippen molar-refractivity contribution in [2.45, 2.75) is 26.3 Å². The predicted molar refractivity (Wildman–Crippen MR) is 107 cm³/mol. The van der Waals surface area contributed by atoms with Gasteiger partial charge in [-0.3, -0.25) is 4.79 Å². The highest BCUT2D eigenvalue weighted by Gasteiger charge is 2.15. The van der Waals surface area contributed by atoms with E-state index in [2.05, 4.69) is 32.8 Å². The van der Waals surface area contributed by atoms with Crippen molar-refractivity contribution in [3.63, 3.8) is 0 Å². The van der Waals surface area contributed by atoms with Crippen LogP contribution in [0.5, 0.6) is 0 Å². The number of benzene rings is 1. The summed E-state index contributed by atoms with van der Waals surface area (Å²) in [5.74, 6) is 3.45. The molecule has 7 heteroatoms. The summed E-state index contributed by atoms with van der Waals surface area (Å²) in [6.45, 7) is 7.12. The van der Waals surface area contributed by atoms with Crippen LogP contribution in [0.4, 0.5) is 11.5 Å². The maximum atomic E-state index is 12.2. The molecule has 6 nitrogen and oxygen atoms in total. The number of carbonyl (C=O) groups excluding carboxylic acids is 1. The Hall–Kier alpha value is -1.99. The van der Waals surface area contributed by atoms with Crippen molar-refractivity contribution in [3.8, 4) is 0 Å². The number of nitrogens with zero attached hydrogens (tertiary/aromatic N) is 2. The van der Waals surface area contributed by atoms with Gasteiger partial charge in [0.25, 0.3) is 0 Å². The Morgan fingerprint density at radius 1 is 1.31 bits per heavy atom. The first-order valence-corrected chi connectivity index (χ1v) is 10.2. The monoisotopic (exact) mass is 374 g/mol. The standard InChI is InChI=1S/C19H26N4O2S/c1-14-13-18(22-25-14)21-19(24)15(2)20-17-5-3-16(4-6-17)7-8-23-9-11-26-12-10-23/h3-6,13,15,20H,7-12H2,1-2H3,(H,21,22,24)/t15-/m0/s1. The summed E-state index contributed by atoms with van der Waals surface area (Å²) in [7, 11) is 0. The average molecular weight is 375 g/mol. The minimum atomic E-state index is -0.372. The van der Waals surface area contributed by atoms with Gasteiger partial charge < -0.3 is 20.1 Å². The number of carbonyl (C=O) groups is 1. The molecule has 1 amide bonds. The highest BCUT2D eigenvalue weighted by molar-refractivity contribution is 7.99. The fourth-order valence-electron chi connectivity index (χ4n) is 2.85. The van der Waals surface area contributed by atoms with Crippen molar-refractivity contribution < 1.29 is 9.32 Å². The van der Waals surface area contributed by atoms with E-state index in [1.165, 1.54) is 30.2 Å². The average Bonchev–Trinajstić information content (AvgIpc) is 3.06. The lowest BCUT2D eigenvalue weighted by Crippen LogP contribution is -2.34. The molecule has 3 rings (SSSR count). The lowest BCUT2D eigenvalue weighted by molar-refractivity contribution is -0.116. The first-order chi connectivity index (χ1) is 12.6. The summed E-state index contributed by atoms with van der Waals surface area (Å²) < 4.78 is 4.95. The van der Waals surface area contributed by atoms with Gasteiger partial charge in [0.05, 0.1) is 0 Å². The van der Waals surface area contributed by atoms with Crippen molar-refractivity contribution in [1.82, 2.24) is 10.1 Å². The largest absolute Gasteiger partial charge is 0.374 e. The number of thioether (sulfide) groups is 1. The number of anilines is 2. The molecular formula is C19H26N4O2S. The van der Waals surface area contributed by atoms with E-state index in [-0.39, 0.29) is 11.9 Å². The molecule has 0 unspecified atom stereocenters. The van der Waals surface area contributed by atoms with E-state index in [4.69, 9.17) is 4.52 Å². The first-order valence-electron chi connectivity index (χ1n) is 9.00. The predicted octanol–water partition coefficient (Wildman–Crippen LogP) is 3.01. The molecular weight excluding hydrogens is 348 g/mol. The summed E-state index contributed by atoms with van der Waals surface area (Å²) >= 11 is 2.04. The summed E-state index contributed by atoms with van der Waals surface area (Å²) in [6, 6.07) is 9.65. The topological polar surface area (TPSA) is 70.4 Å². The fourth-order valence-corrected chi connectivity index (χ4v) is 3.83. The second-order valence-electron chi connectivity index (χ2n) is 6.58. The van der Waals surface area contributed by atoms with E-state index in [9.17, 15) is 4.79 Å². The zero-order chi connectivity index (χ0) is 18.4. The molecule has 0 spiro atoms. The van der Waals surface area contributed by atoms with Gasteiger partial charge in [-0.2, -0.15) is 11.8 Å². The molecule has 1 fully saturated rings. The van der Waals surface area contributed by atoms with Crippen LogP contribution in [-0.2, 0) is 11.2 Å². The second-order valence-corrected chi connectivity index (χ2v) is 7.80. The molecule has 1 saturated heterocycles. The quantitative estimate of drug-likeness (QED) is 0.776. The Bertz CT molecular complexity index is 711. The van der Waals surface area contributed by atoms with Gasteiger partial charge >= 0.3 is 0 Å². The summed E-state index contributed by atoms with van der Waals surface area (Å²) in [6.07, 6.45) is 1.06. The maximum absolute atomic E-state index is 12.2. The maximum Gasteiger partial charge on any atom is 0.247 e. The Kier molecular flexibility index (Phi) is 6.57. The van der Waals surface area contributed by atoms with Crippen LogP contribution in [-0.4, -0.2) is 53.1 Å². The molecule has 1 aromatic carbocycles. The van der Waals surface area contributed by atoms with Crippen LogP contribution in [0.25, 0.3) is 0 Å². The lowest BCUT2D eigenvalue weighted by Gasteiger charge is -2.26. The second kappa shape index (κ2) is 9.09.